The van der Waals surface area contributed by atoms with Crippen molar-refractivity contribution in [1.29, 1.82) is 0 Å². The van der Waals surface area contributed by atoms with E-state index in [4.69, 9.17) is 19.4 Å². The molecule has 0 unspecified atom stereocenters. The molecule has 4 aromatic carbocycles. The van der Waals surface area contributed by atoms with Crippen LogP contribution >= 0.6 is 23.5 Å². The van der Waals surface area contributed by atoms with Crippen LogP contribution in [0.3, 0.4) is 0 Å². The van der Waals surface area contributed by atoms with Gasteiger partial charge in [-0.2, -0.15) is 0 Å². The SMILES string of the molecule is COc1ccc2nc3ccccc3c(SCCCCCSc3c4ccccc4nc4ccc(OC)cc34)c2c1. The highest BCUT2D eigenvalue weighted by atomic mass is 32.2. The van der Waals surface area contributed by atoms with Crippen LogP contribution in [0.15, 0.2) is 94.7 Å². The number of fused-ring (bicyclic) bond motifs is 4. The van der Waals surface area contributed by atoms with E-state index in [2.05, 4.69) is 72.8 Å². The molecule has 6 aromatic rings. The average Bonchev–Trinajstić information content (AvgIpc) is 2.99. The molecular formula is C33H30N2O2S2. The predicted octanol–water partition coefficient (Wildman–Crippen LogP) is 9.16. The van der Waals surface area contributed by atoms with Crippen molar-refractivity contribution in [2.75, 3.05) is 25.7 Å². The normalized spacial score (nSPS) is 11.5. The van der Waals surface area contributed by atoms with Crippen LogP contribution < -0.4 is 9.47 Å². The zero-order valence-corrected chi connectivity index (χ0v) is 23.8. The highest BCUT2D eigenvalue weighted by molar-refractivity contribution is 8.00. The van der Waals surface area contributed by atoms with E-state index in [0.29, 0.717) is 0 Å². The van der Waals surface area contributed by atoms with Crippen molar-refractivity contribution in [2.24, 2.45) is 0 Å². The second-order valence-corrected chi connectivity index (χ2v) is 11.7. The van der Waals surface area contributed by atoms with Gasteiger partial charge in [0.25, 0.3) is 0 Å². The first-order valence-corrected chi connectivity index (χ1v) is 15.2. The lowest BCUT2D eigenvalue weighted by Crippen LogP contribution is -1.92. The number of aromatic nitrogens is 2. The maximum atomic E-state index is 5.51. The molecule has 0 aliphatic rings. The van der Waals surface area contributed by atoms with Crippen LogP contribution in [-0.2, 0) is 0 Å². The van der Waals surface area contributed by atoms with Crippen molar-refractivity contribution < 1.29 is 9.47 Å². The molecule has 2 heterocycles. The van der Waals surface area contributed by atoms with Crippen molar-refractivity contribution in [1.82, 2.24) is 9.97 Å². The first-order valence-electron chi connectivity index (χ1n) is 13.2. The molecule has 4 nitrogen and oxygen atoms in total. The standard InChI is InChI=1S/C33H30N2O2S2/c1-36-22-14-16-30-26(20-22)32(24-10-4-6-12-28(24)34-30)38-18-8-3-9-19-39-33-25-11-5-7-13-29(25)35-31-17-15-23(37-2)21-27(31)33/h4-7,10-17,20-21H,3,8-9,18-19H2,1-2H3. The maximum absolute atomic E-state index is 5.51. The first-order chi connectivity index (χ1) is 19.2. The number of para-hydroxylation sites is 2. The number of benzene rings is 4. The summed E-state index contributed by atoms with van der Waals surface area (Å²) in [5, 5.41) is 4.76. The van der Waals surface area contributed by atoms with Gasteiger partial charge in [0.05, 0.1) is 36.3 Å². The van der Waals surface area contributed by atoms with Crippen LogP contribution in [0.1, 0.15) is 19.3 Å². The number of rotatable bonds is 10. The van der Waals surface area contributed by atoms with E-state index in [0.717, 1.165) is 45.1 Å². The van der Waals surface area contributed by atoms with Gasteiger partial charge in [0.2, 0.25) is 0 Å². The lowest BCUT2D eigenvalue weighted by atomic mass is 10.1. The Kier molecular flexibility index (Phi) is 7.75. The molecule has 0 bridgehead atoms. The minimum atomic E-state index is 0.868. The molecule has 39 heavy (non-hydrogen) atoms. The smallest absolute Gasteiger partial charge is 0.119 e. The molecule has 0 N–H and O–H groups in total. The predicted molar refractivity (Wildman–Crippen MR) is 167 cm³/mol. The van der Waals surface area contributed by atoms with Crippen molar-refractivity contribution in [3.8, 4) is 11.5 Å². The lowest BCUT2D eigenvalue weighted by molar-refractivity contribution is 0.415. The highest BCUT2D eigenvalue weighted by Gasteiger charge is 2.12. The molecule has 6 rings (SSSR count). The van der Waals surface area contributed by atoms with Crippen molar-refractivity contribution in [3.63, 3.8) is 0 Å². The Labute approximate surface area is 237 Å². The fourth-order valence-corrected chi connectivity index (χ4v) is 7.36. The Morgan fingerprint density at radius 3 is 1.41 bits per heavy atom. The van der Waals surface area contributed by atoms with E-state index in [1.807, 2.05) is 35.7 Å². The van der Waals surface area contributed by atoms with E-state index < -0.39 is 0 Å². The number of nitrogens with zero attached hydrogens (tertiary/aromatic N) is 2. The monoisotopic (exact) mass is 550 g/mol. The molecule has 196 valence electrons. The van der Waals surface area contributed by atoms with Gasteiger partial charge in [0.15, 0.2) is 0 Å². The van der Waals surface area contributed by atoms with Gasteiger partial charge in [-0.15, -0.1) is 23.5 Å². The minimum Gasteiger partial charge on any atom is -0.497 e. The lowest BCUT2D eigenvalue weighted by Gasteiger charge is -2.12. The summed E-state index contributed by atoms with van der Waals surface area (Å²) in [7, 11) is 3.43. The van der Waals surface area contributed by atoms with Gasteiger partial charge < -0.3 is 9.47 Å². The number of unbranched alkanes of at least 4 members (excludes halogenated alkanes) is 2. The Bertz CT molecular complexity index is 1660. The Hall–Kier alpha value is -3.48. The number of ether oxygens (including phenoxy) is 2. The second-order valence-electron chi connectivity index (χ2n) is 9.44. The van der Waals surface area contributed by atoms with E-state index in [-0.39, 0.29) is 0 Å². The topological polar surface area (TPSA) is 44.2 Å². The summed E-state index contributed by atoms with van der Waals surface area (Å²) in [5.74, 6) is 3.88. The number of pyridine rings is 2. The van der Waals surface area contributed by atoms with Crippen LogP contribution in [0, 0.1) is 0 Å². The molecule has 0 atom stereocenters. The first kappa shape index (κ1) is 25.8. The summed E-state index contributed by atoms with van der Waals surface area (Å²) in [5.41, 5.74) is 4.12. The molecule has 0 amide bonds. The molecule has 0 aliphatic heterocycles. The summed E-state index contributed by atoms with van der Waals surface area (Å²) in [4.78, 5) is 12.4. The Morgan fingerprint density at radius 1 is 0.513 bits per heavy atom. The third-order valence-corrected chi connectivity index (χ3v) is 9.40. The van der Waals surface area contributed by atoms with E-state index in [1.165, 1.54) is 50.6 Å². The van der Waals surface area contributed by atoms with E-state index in [9.17, 15) is 0 Å². The van der Waals surface area contributed by atoms with Crippen LogP contribution in [-0.4, -0.2) is 35.7 Å². The molecule has 0 fully saturated rings. The Morgan fingerprint density at radius 2 is 0.949 bits per heavy atom. The third kappa shape index (κ3) is 5.36. The fraction of sp³-hybridized carbons (Fsp3) is 0.212. The van der Waals surface area contributed by atoms with Gasteiger partial charge in [0.1, 0.15) is 11.5 Å². The quantitative estimate of drug-likeness (QED) is 0.0962. The molecule has 2 aromatic heterocycles. The molecule has 0 aliphatic carbocycles. The molecule has 0 radical (unpaired) electrons. The van der Waals surface area contributed by atoms with Crippen molar-refractivity contribution in [2.45, 2.75) is 29.1 Å². The van der Waals surface area contributed by atoms with Gasteiger partial charge in [-0.05, 0) is 72.9 Å². The van der Waals surface area contributed by atoms with Crippen LogP contribution in [0.25, 0.3) is 43.6 Å². The number of hydrogen-bond donors (Lipinski definition) is 0. The third-order valence-electron chi connectivity index (χ3n) is 6.96. The van der Waals surface area contributed by atoms with Gasteiger partial charge in [-0.25, -0.2) is 9.97 Å². The van der Waals surface area contributed by atoms with Gasteiger partial charge in [-0.1, -0.05) is 42.8 Å². The molecule has 6 heteroatoms. The van der Waals surface area contributed by atoms with Gasteiger partial charge in [0, 0.05) is 31.3 Å². The van der Waals surface area contributed by atoms with Crippen molar-refractivity contribution in [3.05, 3.63) is 84.9 Å². The summed E-state index contributed by atoms with van der Waals surface area (Å²) in [6, 6.07) is 29.2. The summed E-state index contributed by atoms with van der Waals surface area (Å²) < 4.78 is 11.0. The number of hydrogen-bond acceptors (Lipinski definition) is 6. The van der Waals surface area contributed by atoms with E-state index >= 15 is 0 Å². The van der Waals surface area contributed by atoms with Crippen LogP contribution in [0.2, 0.25) is 0 Å². The maximum Gasteiger partial charge on any atom is 0.119 e. The van der Waals surface area contributed by atoms with Gasteiger partial charge >= 0.3 is 0 Å². The molecule has 0 spiro atoms. The minimum absolute atomic E-state index is 0.868. The van der Waals surface area contributed by atoms with Crippen molar-refractivity contribution >= 4 is 67.1 Å². The average molecular weight is 551 g/mol. The zero-order valence-electron chi connectivity index (χ0n) is 22.1. The molecule has 0 saturated heterocycles. The van der Waals surface area contributed by atoms with E-state index in [1.54, 1.807) is 14.2 Å². The summed E-state index contributed by atoms with van der Waals surface area (Å²) in [6.07, 6.45) is 3.52. The fourth-order valence-electron chi connectivity index (χ4n) is 4.96. The van der Waals surface area contributed by atoms with Crippen LogP contribution in [0.5, 0.6) is 11.5 Å². The largest absolute Gasteiger partial charge is 0.497 e. The number of methoxy groups -OCH3 is 2. The highest BCUT2D eigenvalue weighted by Crippen LogP contribution is 2.38. The Balaban J connectivity index is 1.13. The zero-order chi connectivity index (χ0) is 26.6. The van der Waals surface area contributed by atoms with Crippen LogP contribution in [0.4, 0.5) is 0 Å². The molecule has 0 saturated carbocycles. The van der Waals surface area contributed by atoms with Gasteiger partial charge in [-0.3, -0.25) is 0 Å². The summed E-state index contributed by atoms with van der Waals surface area (Å²) in [6.45, 7) is 0. The number of thioether (sulfide) groups is 2. The second kappa shape index (κ2) is 11.7. The molecular weight excluding hydrogens is 521 g/mol. The summed E-state index contributed by atoms with van der Waals surface area (Å²) >= 11 is 3.87.